The monoisotopic (exact) mass is 249 g/mol. The van der Waals surface area contributed by atoms with E-state index in [1.807, 2.05) is 6.07 Å². The first-order valence-electron chi connectivity index (χ1n) is 6.51. The van der Waals surface area contributed by atoms with E-state index in [1.165, 1.54) is 19.3 Å². The predicted molar refractivity (Wildman–Crippen MR) is 73.7 cm³/mol. The van der Waals surface area contributed by atoms with E-state index in [4.69, 9.17) is 0 Å². The Morgan fingerprint density at radius 1 is 1.33 bits per heavy atom. The van der Waals surface area contributed by atoms with Gasteiger partial charge < -0.3 is 14.9 Å². The first-order chi connectivity index (χ1) is 8.59. The van der Waals surface area contributed by atoms with E-state index in [1.54, 1.807) is 12.4 Å². The van der Waals surface area contributed by atoms with E-state index in [2.05, 4.69) is 35.9 Å². The van der Waals surface area contributed by atoms with Crippen molar-refractivity contribution in [1.29, 1.82) is 0 Å². The van der Waals surface area contributed by atoms with Crippen molar-refractivity contribution in [3.05, 3.63) is 24.0 Å². The standard InChI is InChI=1S/C14H23N3O/c1-16(2)14(6-4-7-14)11-17(3)13-5-8-15-9-12(13)10-18/h5,8-9,18H,4,6-7,10-11H2,1-3H3. The van der Waals surface area contributed by atoms with Crippen molar-refractivity contribution in [2.24, 2.45) is 0 Å². The Bertz CT molecular complexity index is 402. The van der Waals surface area contributed by atoms with Crippen LogP contribution in [0.4, 0.5) is 5.69 Å². The molecule has 1 aliphatic rings. The first-order valence-corrected chi connectivity index (χ1v) is 6.51. The molecule has 0 aromatic carbocycles. The minimum absolute atomic E-state index is 0.0441. The second kappa shape index (κ2) is 5.24. The second-order valence-corrected chi connectivity index (χ2v) is 5.49. The number of likely N-dealkylation sites (N-methyl/N-ethyl adjacent to an activating group) is 2. The molecular weight excluding hydrogens is 226 g/mol. The van der Waals surface area contributed by atoms with E-state index in [-0.39, 0.29) is 6.61 Å². The zero-order valence-corrected chi connectivity index (χ0v) is 11.6. The lowest BCUT2D eigenvalue weighted by molar-refractivity contribution is 0.0682. The van der Waals surface area contributed by atoms with Gasteiger partial charge in [-0.1, -0.05) is 0 Å². The van der Waals surface area contributed by atoms with E-state index in [9.17, 15) is 5.11 Å². The summed E-state index contributed by atoms with van der Waals surface area (Å²) in [5.74, 6) is 0. The molecule has 1 aromatic rings. The third-order valence-corrected chi connectivity index (χ3v) is 4.22. The van der Waals surface area contributed by atoms with Gasteiger partial charge in [-0.3, -0.25) is 4.98 Å². The molecule has 1 aromatic heterocycles. The van der Waals surface area contributed by atoms with Crippen LogP contribution in [0.5, 0.6) is 0 Å². The largest absolute Gasteiger partial charge is 0.392 e. The lowest BCUT2D eigenvalue weighted by atomic mass is 9.75. The predicted octanol–water partition coefficient (Wildman–Crippen LogP) is 1.49. The van der Waals surface area contributed by atoms with E-state index in [0.29, 0.717) is 5.54 Å². The fourth-order valence-electron chi connectivity index (χ4n) is 2.77. The van der Waals surface area contributed by atoms with Gasteiger partial charge in [-0.05, 0) is 39.4 Å². The minimum atomic E-state index is 0.0441. The van der Waals surface area contributed by atoms with Crippen molar-refractivity contribution >= 4 is 5.69 Å². The zero-order valence-electron chi connectivity index (χ0n) is 11.6. The van der Waals surface area contributed by atoms with Crippen molar-refractivity contribution in [2.45, 2.75) is 31.4 Å². The third-order valence-electron chi connectivity index (χ3n) is 4.22. The summed E-state index contributed by atoms with van der Waals surface area (Å²) in [7, 11) is 6.41. The van der Waals surface area contributed by atoms with Crippen molar-refractivity contribution in [3.8, 4) is 0 Å². The third kappa shape index (κ3) is 2.35. The molecule has 0 atom stereocenters. The van der Waals surface area contributed by atoms with Crippen LogP contribution in [-0.4, -0.2) is 48.2 Å². The van der Waals surface area contributed by atoms with Gasteiger partial charge in [0.1, 0.15) is 0 Å². The van der Waals surface area contributed by atoms with E-state index < -0.39 is 0 Å². The first kappa shape index (κ1) is 13.3. The summed E-state index contributed by atoms with van der Waals surface area (Å²) in [5.41, 5.74) is 2.28. The summed E-state index contributed by atoms with van der Waals surface area (Å²) in [4.78, 5) is 8.65. The average Bonchev–Trinajstić information content (AvgIpc) is 2.33. The topological polar surface area (TPSA) is 39.6 Å². The van der Waals surface area contributed by atoms with Gasteiger partial charge in [0.05, 0.1) is 6.61 Å². The van der Waals surface area contributed by atoms with Crippen molar-refractivity contribution in [1.82, 2.24) is 9.88 Å². The Kier molecular flexibility index (Phi) is 3.88. The fourth-order valence-corrected chi connectivity index (χ4v) is 2.77. The van der Waals surface area contributed by atoms with Crippen LogP contribution in [0.2, 0.25) is 0 Å². The summed E-state index contributed by atoms with van der Waals surface area (Å²) < 4.78 is 0. The molecule has 1 fully saturated rings. The molecule has 0 spiro atoms. The molecule has 1 heterocycles. The number of hydrogen-bond acceptors (Lipinski definition) is 4. The number of aliphatic hydroxyl groups excluding tert-OH is 1. The molecule has 0 bridgehead atoms. The molecule has 1 aliphatic carbocycles. The molecule has 1 N–H and O–H groups in total. The lowest BCUT2D eigenvalue weighted by Gasteiger charge is -2.49. The van der Waals surface area contributed by atoms with Gasteiger partial charge in [0.15, 0.2) is 0 Å². The summed E-state index contributed by atoms with van der Waals surface area (Å²) >= 11 is 0. The average molecular weight is 249 g/mol. The maximum atomic E-state index is 9.37. The van der Waals surface area contributed by atoms with Gasteiger partial charge in [-0.25, -0.2) is 0 Å². The van der Waals surface area contributed by atoms with Crippen LogP contribution >= 0.6 is 0 Å². The van der Waals surface area contributed by atoms with Crippen molar-refractivity contribution in [2.75, 3.05) is 32.6 Å². The molecule has 0 radical (unpaired) electrons. The van der Waals surface area contributed by atoms with E-state index >= 15 is 0 Å². The highest BCUT2D eigenvalue weighted by Gasteiger charge is 2.40. The number of aromatic nitrogens is 1. The number of aliphatic hydroxyl groups is 1. The second-order valence-electron chi connectivity index (χ2n) is 5.49. The van der Waals surface area contributed by atoms with Crippen LogP contribution in [0.15, 0.2) is 18.5 Å². The van der Waals surface area contributed by atoms with Crippen LogP contribution in [0.1, 0.15) is 24.8 Å². The Labute approximate surface area is 109 Å². The number of anilines is 1. The maximum Gasteiger partial charge on any atom is 0.0717 e. The Hall–Kier alpha value is -1.13. The Morgan fingerprint density at radius 3 is 2.56 bits per heavy atom. The molecule has 100 valence electrons. The normalized spacial score (nSPS) is 17.6. The van der Waals surface area contributed by atoms with Crippen LogP contribution in [-0.2, 0) is 6.61 Å². The van der Waals surface area contributed by atoms with Gasteiger partial charge in [0.2, 0.25) is 0 Å². The van der Waals surface area contributed by atoms with Crippen LogP contribution in [0.3, 0.4) is 0 Å². The smallest absolute Gasteiger partial charge is 0.0717 e. The van der Waals surface area contributed by atoms with Crippen LogP contribution in [0, 0.1) is 0 Å². The zero-order chi connectivity index (χ0) is 13.2. The molecule has 4 nitrogen and oxygen atoms in total. The quantitative estimate of drug-likeness (QED) is 0.858. The van der Waals surface area contributed by atoms with Gasteiger partial charge >= 0.3 is 0 Å². The highest BCUT2D eigenvalue weighted by atomic mass is 16.3. The molecule has 18 heavy (non-hydrogen) atoms. The maximum absolute atomic E-state index is 9.37. The van der Waals surface area contributed by atoms with Gasteiger partial charge in [0, 0.05) is 42.8 Å². The molecule has 4 heteroatoms. The highest BCUT2D eigenvalue weighted by Crippen LogP contribution is 2.37. The van der Waals surface area contributed by atoms with Crippen molar-refractivity contribution in [3.63, 3.8) is 0 Å². The fraction of sp³-hybridized carbons (Fsp3) is 0.643. The molecule has 2 rings (SSSR count). The molecule has 0 amide bonds. The van der Waals surface area contributed by atoms with Crippen LogP contribution < -0.4 is 4.90 Å². The summed E-state index contributed by atoms with van der Waals surface area (Å²) in [6.45, 7) is 1.04. The SMILES string of the molecule is CN(CC1(N(C)C)CCC1)c1ccncc1CO. The number of rotatable bonds is 5. The lowest BCUT2D eigenvalue weighted by Crippen LogP contribution is -2.56. The molecule has 0 unspecified atom stereocenters. The van der Waals surface area contributed by atoms with E-state index in [0.717, 1.165) is 17.8 Å². The van der Waals surface area contributed by atoms with Gasteiger partial charge in [0.25, 0.3) is 0 Å². The number of pyridine rings is 1. The number of hydrogen-bond donors (Lipinski definition) is 1. The summed E-state index contributed by atoms with van der Waals surface area (Å²) in [6, 6.07) is 1.98. The summed E-state index contributed by atoms with van der Waals surface area (Å²) in [5, 5.41) is 9.37. The molecule has 1 saturated carbocycles. The molecule has 0 aliphatic heterocycles. The minimum Gasteiger partial charge on any atom is -0.392 e. The van der Waals surface area contributed by atoms with Gasteiger partial charge in [-0.15, -0.1) is 0 Å². The molecule has 0 saturated heterocycles. The Balaban J connectivity index is 2.14. The highest BCUT2D eigenvalue weighted by molar-refractivity contribution is 5.51. The Morgan fingerprint density at radius 2 is 2.06 bits per heavy atom. The summed E-state index contributed by atoms with van der Waals surface area (Å²) in [6.07, 6.45) is 7.35. The van der Waals surface area contributed by atoms with Crippen LogP contribution in [0.25, 0.3) is 0 Å². The van der Waals surface area contributed by atoms with Gasteiger partial charge in [-0.2, -0.15) is 0 Å². The number of nitrogens with zero attached hydrogens (tertiary/aromatic N) is 3. The van der Waals surface area contributed by atoms with Crippen molar-refractivity contribution < 1.29 is 5.11 Å². The molecular formula is C14H23N3O.